The number of imidazole rings is 1. The highest BCUT2D eigenvalue weighted by Gasteiger charge is 2.34. The third kappa shape index (κ3) is 3.10. The monoisotopic (exact) mass is 350 g/mol. The van der Waals surface area contributed by atoms with Crippen molar-refractivity contribution in [3.8, 4) is 0 Å². The second kappa shape index (κ2) is 5.96. The van der Waals surface area contributed by atoms with Crippen LogP contribution in [0.5, 0.6) is 0 Å². The molecular weight excluding hydrogens is 328 g/mol. The Kier molecular flexibility index (Phi) is 3.92. The predicted molar refractivity (Wildman–Crippen MR) is 86.5 cm³/mol. The first kappa shape index (κ1) is 15.8. The molecule has 2 aromatic heterocycles. The van der Waals surface area contributed by atoms with Crippen LogP contribution in [-0.2, 0) is 30.0 Å². The number of aryl methyl sites for hydroxylation is 1. The van der Waals surface area contributed by atoms with Crippen LogP contribution in [0.4, 0.5) is 0 Å². The van der Waals surface area contributed by atoms with E-state index in [1.54, 1.807) is 28.4 Å². The van der Waals surface area contributed by atoms with E-state index in [1.165, 1.54) is 19.2 Å². The van der Waals surface area contributed by atoms with Crippen molar-refractivity contribution in [2.75, 3.05) is 13.1 Å². The molecule has 0 aromatic carbocycles. The normalized spacial score (nSPS) is 22.3. The number of nitrogens with zero attached hydrogens (tertiary/aromatic N) is 6. The molecule has 130 valence electrons. The summed E-state index contributed by atoms with van der Waals surface area (Å²) in [6.07, 6.45) is 9.07. The van der Waals surface area contributed by atoms with E-state index in [0.29, 0.717) is 13.1 Å². The van der Waals surface area contributed by atoms with Crippen LogP contribution in [0.2, 0.25) is 0 Å². The highest BCUT2D eigenvalue weighted by molar-refractivity contribution is 7.89. The maximum atomic E-state index is 12.6. The second-order valence-corrected chi connectivity index (χ2v) is 8.83. The fraction of sp³-hybridized carbons (Fsp3) is 0.667. The van der Waals surface area contributed by atoms with E-state index in [1.807, 2.05) is 0 Å². The molecule has 1 aliphatic carbocycles. The van der Waals surface area contributed by atoms with Gasteiger partial charge in [-0.15, -0.1) is 10.2 Å². The van der Waals surface area contributed by atoms with E-state index < -0.39 is 10.0 Å². The Hall–Kier alpha value is -1.74. The van der Waals surface area contributed by atoms with E-state index in [2.05, 4.69) is 19.7 Å². The van der Waals surface area contributed by atoms with Crippen LogP contribution in [0.3, 0.4) is 0 Å². The number of rotatable bonds is 6. The molecule has 8 nitrogen and oxygen atoms in total. The minimum atomic E-state index is -3.49. The summed E-state index contributed by atoms with van der Waals surface area (Å²) in [5, 5.41) is 8.40. The van der Waals surface area contributed by atoms with Crippen LogP contribution in [0.25, 0.3) is 0 Å². The Balaban J connectivity index is 1.42. The van der Waals surface area contributed by atoms with Gasteiger partial charge >= 0.3 is 0 Å². The van der Waals surface area contributed by atoms with Gasteiger partial charge in [-0.3, -0.25) is 0 Å². The fourth-order valence-corrected chi connectivity index (χ4v) is 4.76. The molecule has 2 aliphatic rings. The van der Waals surface area contributed by atoms with Gasteiger partial charge in [0.15, 0.2) is 5.03 Å². The molecule has 9 heteroatoms. The summed E-state index contributed by atoms with van der Waals surface area (Å²) in [4.78, 5) is 3.99. The highest BCUT2D eigenvalue weighted by Crippen LogP contribution is 2.31. The maximum absolute atomic E-state index is 12.6. The summed E-state index contributed by atoms with van der Waals surface area (Å²) < 4.78 is 30.6. The van der Waals surface area contributed by atoms with Gasteiger partial charge in [0.1, 0.15) is 12.2 Å². The smallest absolute Gasteiger partial charge is 0.262 e. The lowest BCUT2D eigenvalue weighted by atomic mass is 10.0. The van der Waals surface area contributed by atoms with Crippen LogP contribution >= 0.6 is 0 Å². The van der Waals surface area contributed by atoms with Gasteiger partial charge in [0.25, 0.3) is 10.0 Å². The van der Waals surface area contributed by atoms with Crippen molar-refractivity contribution in [1.82, 2.24) is 28.6 Å². The molecule has 1 saturated heterocycles. The summed E-state index contributed by atoms with van der Waals surface area (Å²) >= 11 is 0. The summed E-state index contributed by atoms with van der Waals surface area (Å²) in [7, 11) is -1.72. The van der Waals surface area contributed by atoms with Gasteiger partial charge in [0.05, 0.1) is 6.33 Å². The standard InChI is InChI=1S/C15H22N6O2S/c1-19-9-15(16-10-19)24(22,23)21-5-4-13(8-21)6-14-18-17-11-20(14)7-12-2-3-12/h9-13H,2-8H2,1H3. The quantitative estimate of drug-likeness (QED) is 0.764. The number of aromatic nitrogens is 5. The van der Waals surface area contributed by atoms with Crippen molar-refractivity contribution < 1.29 is 8.42 Å². The van der Waals surface area contributed by atoms with E-state index >= 15 is 0 Å². The summed E-state index contributed by atoms with van der Waals surface area (Å²) in [5.41, 5.74) is 0. The van der Waals surface area contributed by atoms with Gasteiger partial charge in [0, 0.05) is 39.3 Å². The minimum Gasteiger partial charge on any atom is -0.339 e. The largest absolute Gasteiger partial charge is 0.339 e. The summed E-state index contributed by atoms with van der Waals surface area (Å²) in [6.45, 7) is 2.06. The second-order valence-electron chi connectivity index (χ2n) is 6.94. The van der Waals surface area contributed by atoms with Gasteiger partial charge in [-0.25, -0.2) is 13.4 Å². The zero-order chi connectivity index (χ0) is 16.7. The Bertz CT molecular complexity index is 823. The van der Waals surface area contributed by atoms with Gasteiger partial charge in [-0.1, -0.05) is 0 Å². The lowest BCUT2D eigenvalue weighted by Crippen LogP contribution is -2.29. The SMILES string of the molecule is Cn1cnc(S(=O)(=O)N2CCC(Cc3nncn3CC3CC3)C2)c1. The van der Waals surface area contributed by atoms with Crippen molar-refractivity contribution in [2.24, 2.45) is 18.9 Å². The first-order chi connectivity index (χ1) is 11.5. The van der Waals surface area contributed by atoms with Crippen LogP contribution in [0.1, 0.15) is 25.1 Å². The molecule has 24 heavy (non-hydrogen) atoms. The molecule has 2 fully saturated rings. The zero-order valence-corrected chi connectivity index (χ0v) is 14.6. The molecule has 0 radical (unpaired) electrons. The number of hydrogen-bond acceptors (Lipinski definition) is 5. The molecule has 1 atom stereocenters. The van der Waals surface area contributed by atoms with Gasteiger partial charge in [-0.05, 0) is 31.1 Å². The van der Waals surface area contributed by atoms with Crippen LogP contribution < -0.4 is 0 Å². The van der Waals surface area contributed by atoms with E-state index in [-0.39, 0.29) is 10.9 Å². The third-order valence-corrected chi connectivity index (χ3v) is 6.60. The molecule has 3 heterocycles. The van der Waals surface area contributed by atoms with Gasteiger partial charge < -0.3 is 9.13 Å². The first-order valence-electron chi connectivity index (χ1n) is 8.37. The zero-order valence-electron chi connectivity index (χ0n) is 13.7. The van der Waals surface area contributed by atoms with Crippen molar-refractivity contribution in [3.05, 3.63) is 24.7 Å². The van der Waals surface area contributed by atoms with Crippen LogP contribution in [-0.4, -0.2) is 50.1 Å². The molecule has 0 spiro atoms. The van der Waals surface area contributed by atoms with Crippen molar-refractivity contribution in [2.45, 2.75) is 37.3 Å². The van der Waals surface area contributed by atoms with Crippen LogP contribution in [0, 0.1) is 11.8 Å². The van der Waals surface area contributed by atoms with E-state index in [4.69, 9.17) is 0 Å². The molecule has 1 saturated carbocycles. The van der Waals surface area contributed by atoms with Crippen molar-refractivity contribution in [3.63, 3.8) is 0 Å². The molecule has 4 rings (SSSR count). The maximum Gasteiger partial charge on any atom is 0.262 e. The molecule has 1 aliphatic heterocycles. The van der Waals surface area contributed by atoms with Gasteiger partial charge in [0.2, 0.25) is 0 Å². The summed E-state index contributed by atoms with van der Waals surface area (Å²) in [5.74, 6) is 2.03. The number of sulfonamides is 1. The van der Waals surface area contributed by atoms with E-state index in [9.17, 15) is 8.42 Å². The highest BCUT2D eigenvalue weighted by atomic mass is 32.2. The molecule has 2 aromatic rings. The van der Waals surface area contributed by atoms with Crippen LogP contribution in [0.15, 0.2) is 23.9 Å². The Labute approximate surface area is 141 Å². The topological polar surface area (TPSA) is 85.9 Å². The molecular formula is C15H22N6O2S. The molecule has 0 N–H and O–H groups in total. The average Bonchev–Trinajstić information content (AvgIpc) is 2.93. The average molecular weight is 350 g/mol. The van der Waals surface area contributed by atoms with E-state index in [0.717, 1.165) is 31.1 Å². The first-order valence-corrected chi connectivity index (χ1v) is 9.81. The molecule has 0 bridgehead atoms. The lowest BCUT2D eigenvalue weighted by molar-refractivity contribution is 0.446. The Morgan fingerprint density at radius 3 is 2.75 bits per heavy atom. The Morgan fingerprint density at radius 2 is 2.04 bits per heavy atom. The minimum absolute atomic E-state index is 0.127. The predicted octanol–water partition coefficient (Wildman–Crippen LogP) is 0.675. The fourth-order valence-electron chi connectivity index (χ4n) is 3.26. The Morgan fingerprint density at radius 1 is 1.21 bits per heavy atom. The summed E-state index contributed by atoms with van der Waals surface area (Å²) in [6, 6.07) is 0. The van der Waals surface area contributed by atoms with Crippen molar-refractivity contribution in [1.29, 1.82) is 0 Å². The third-order valence-electron chi connectivity index (χ3n) is 4.85. The van der Waals surface area contributed by atoms with Gasteiger partial charge in [-0.2, -0.15) is 4.31 Å². The molecule has 0 amide bonds. The molecule has 1 unspecified atom stereocenters. The van der Waals surface area contributed by atoms with Crippen molar-refractivity contribution >= 4 is 10.0 Å². The lowest BCUT2D eigenvalue weighted by Gasteiger charge is -2.15. The number of hydrogen-bond donors (Lipinski definition) is 0.